The fourth-order valence-electron chi connectivity index (χ4n) is 4.65. The lowest BCUT2D eigenvalue weighted by molar-refractivity contribution is 0.0527. The molecule has 1 amide bonds. The van der Waals surface area contributed by atoms with Crippen molar-refractivity contribution in [3.05, 3.63) is 144 Å². The number of benzene rings is 4. The van der Waals surface area contributed by atoms with Crippen LogP contribution in [0.4, 0.5) is 4.79 Å². The first-order chi connectivity index (χ1) is 23.0. The van der Waals surface area contributed by atoms with Gasteiger partial charge in [0.2, 0.25) is 0 Å². The molecule has 4 aromatic rings. The van der Waals surface area contributed by atoms with E-state index < -0.39 is 32.3 Å². The third-order valence-electron chi connectivity index (χ3n) is 7.05. The minimum absolute atomic E-state index is 0.0253. The van der Waals surface area contributed by atoms with Crippen molar-refractivity contribution in [3.8, 4) is 0 Å². The van der Waals surface area contributed by atoms with E-state index in [0.29, 0.717) is 0 Å². The molecule has 0 atom stereocenters. The number of hydrogen-bond donors (Lipinski definition) is 1. The lowest BCUT2D eigenvalue weighted by Gasteiger charge is -2.32. The number of rotatable bonds is 18. The molecule has 0 bridgehead atoms. The second-order valence-corrected chi connectivity index (χ2v) is 17.0. The molecule has 0 heterocycles. The van der Waals surface area contributed by atoms with Crippen LogP contribution in [-0.4, -0.2) is 23.6 Å². The lowest BCUT2D eigenvalue weighted by Crippen LogP contribution is -2.33. The molecule has 9 nitrogen and oxygen atoms in total. The largest absolute Gasteiger partial charge is 0.444 e. The highest BCUT2D eigenvalue weighted by Gasteiger charge is 2.51. The van der Waals surface area contributed by atoms with Crippen LogP contribution >= 0.6 is 15.2 Å². The first-order valence-corrected chi connectivity index (χ1v) is 19.2. The Hall–Kier alpha value is -3.55. The Kier molecular flexibility index (Phi) is 14.2. The predicted molar refractivity (Wildman–Crippen MR) is 187 cm³/mol. The molecule has 0 saturated heterocycles. The molecular weight excluding hydrogens is 648 g/mol. The van der Waals surface area contributed by atoms with E-state index in [1.807, 2.05) is 121 Å². The van der Waals surface area contributed by atoms with E-state index in [4.69, 9.17) is 22.8 Å². The Morgan fingerprint density at radius 3 is 1.19 bits per heavy atom. The fourth-order valence-corrected chi connectivity index (χ4v) is 9.99. The van der Waals surface area contributed by atoms with Crippen molar-refractivity contribution in [2.45, 2.75) is 71.0 Å². The van der Waals surface area contributed by atoms with Crippen LogP contribution in [0.2, 0.25) is 0 Å². The van der Waals surface area contributed by atoms with E-state index in [0.717, 1.165) is 22.3 Å². The summed E-state index contributed by atoms with van der Waals surface area (Å²) in [5, 5.41) is 1.40. The Labute approximate surface area is 284 Å². The summed E-state index contributed by atoms with van der Waals surface area (Å²) in [6.07, 6.45) is -0.311. The zero-order chi connectivity index (χ0) is 34.3. The topological polar surface area (TPSA) is 109 Å². The van der Waals surface area contributed by atoms with Crippen LogP contribution in [0.3, 0.4) is 0 Å². The molecule has 11 heteroatoms. The summed E-state index contributed by atoms with van der Waals surface area (Å²) in [5.41, 5.74) is 2.37. The molecule has 0 aliphatic heterocycles. The van der Waals surface area contributed by atoms with Gasteiger partial charge in [-0.05, 0) is 55.9 Å². The van der Waals surface area contributed by atoms with Crippen LogP contribution in [0.25, 0.3) is 0 Å². The molecule has 0 saturated carbocycles. The highest BCUT2D eigenvalue weighted by molar-refractivity contribution is 7.72. The Bertz CT molecular complexity index is 1420. The smallest absolute Gasteiger partial charge is 0.407 e. The maximum absolute atomic E-state index is 15.2. The normalized spacial score (nSPS) is 12.2. The van der Waals surface area contributed by atoms with Crippen LogP contribution in [0.5, 0.6) is 0 Å². The summed E-state index contributed by atoms with van der Waals surface area (Å²) in [6.45, 7) is 5.24. The van der Waals surface area contributed by atoms with Gasteiger partial charge in [-0.3, -0.25) is 9.13 Å². The zero-order valence-electron chi connectivity index (χ0n) is 27.7. The lowest BCUT2D eigenvalue weighted by atomic mass is 10.2. The Morgan fingerprint density at radius 2 is 0.896 bits per heavy atom. The number of amides is 1. The molecule has 1 N–H and O–H groups in total. The van der Waals surface area contributed by atoms with Gasteiger partial charge in [0, 0.05) is 6.54 Å². The van der Waals surface area contributed by atoms with Gasteiger partial charge in [-0.25, -0.2) is 4.79 Å². The van der Waals surface area contributed by atoms with Gasteiger partial charge < -0.3 is 28.1 Å². The average molecular weight is 694 g/mol. The third-order valence-corrected chi connectivity index (χ3v) is 12.7. The molecule has 0 unspecified atom stereocenters. The number of carbonyl (C=O) groups is 1. The summed E-state index contributed by atoms with van der Waals surface area (Å²) < 4.78 is 60.4. The Balaban J connectivity index is 1.68. The Morgan fingerprint density at radius 1 is 0.583 bits per heavy atom. The minimum Gasteiger partial charge on any atom is -0.444 e. The van der Waals surface area contributed by atoms with Gasteiger partial charge in [0.25, 0.3) is 0 Å². The summed E-state index contributed by atoms with van der Waals surface area (Å²) in [5.74, 6) is 0. The van der Waals surface area contributed by atoms with E-state index in [1.165, 1.54) is 0 Å². The van der Waals surface area contributed by atoms with Crippen LogP contribution in [0.15, 0.2) is 121 Å². The highest BCUT2D eigenvalue weighted by Crippen LogP contribution is 2.72. The first-order valence-electron chi connectivity index (χ1n) is 15.9. The van der Waals surface area contributed by atoms with E-state index in [1.54, 1.807) is 20.8 Å². The van der Waals surface area contributed by atoms with E-state index in [9.17, 15) is 4.79 Å². The van der Waals surface area contributed by atoms with Gasteiger partial charge in [-0.2, -0.15) is 0 Å². The van der Waals surface area contributed by atoms with Crippen LogP contribution in [-0.2, 0) is 58.4 Å². The number of ether oxygens (including phenoxy) is 1. The van der Waals surface area contributed by atoms with Crippen molar-refractivity contribution in [2.24, 2.45) is 0 Å². The maximum atomic E-state index is 15.2. The SMILES string of the molecule is CC(C)(C)OC(=O)NCCCC(P(=O)(OCc1ccccc1)OCc1ccccc1)P(=O)(OCc1ccccc1)OCc1ccccc1. The second-order valence-electron chi connectivity index (χ2n) is 12.2. The number of carbonyl (C=O) groups excluding carboxylic acids is 1. The highest BCUT2D eigenvalue weighted by atomic mass is 31.2. The van der Waals surface area contributed by atoms with Crippen LogP contribution < -0.4 is 5.32 Å². The van der Waals surface area contributed by atoms with Gasteiger partial charge >= 0.3 is 21.3 Å². The molecular formula is C37H45NO8P2. The molecule has 0 radical (unpaired) electrons. The molecule has 0 aliphatic rings. The van der Waals surface area contributed by atoms with Gasteiger partial charge in [0.1, 0.15) is 5.60 Å². The van der Waals surface area contributed by atoms with Crippen molar-refractivity contribution in [2.75, 3.05) is 6.54 Å². The number of hydrogen-bond acceptors (Lipinski definition) is 8. The monoisotopic (exact) mass is 693 g/mol. The van der Waals surface area contributed by atoms with Gasteiger partial charge in [0.15, 0.2) is 5.40 Å². The molecule has 4 aromatic carbocycles. The van der Waals surface area contributed by atoms with Crippen molar-refractivity contribution >= 4 is 21.3 Å². The van der Waals surface area contributed by atoms with Crippen molar-refractivity contribution in [1.82, 2.24) is 5.32 Å². The molecule has 0 spiro atoms. The first kappa shape index (κ1) is 37.3. The summed E-state index contributed by atoms with van der Waals surface area (Å²) in [7, 11) is -8.56. The van der Waals surface area contributed by atoms with Gasteiger partial charge in [-0.1, -0.05) is 121 Å². The second kappa shape index (κ2) is 18.3. The quantitative estimate of drug-likeness (QED) is 0.0810. The summed E-state index contributed by atoms with van der Waals surface area (Å²) in [6, 6.07) is 37.1. The van der Waals surface area contributed by atoms with Crippen LogP contribution in [0, 0.1) is 0 Å². The number of nitrogens with one attached hydrogen (secondary N) is 1. The zero-order valence-corrected chi connectivity index (χ0v) is 29.5. The van der Waals surface area contributed by atoms with Gasteiger partial charge in [0.05, 0.1) is 26.4 Å². The molecule has 256 valence electrons. The van der Waals surface area contributed by atoms with E-state index in [-0.39, 0.29) is 45.8 Å². The molecule has 0 aromatic heterocycles. The summed E-state index contributed by atoms with van der Waals surface area (Å²) in [4.78, 5) is 12.4. The van der Waals surface area contributed by atoms with Gasteiger partial charge in [-0.15, -0.1) is 0 Å². The van der Waals surface area contributed by atoms with Crippen molar-refractivity contribution in [3.63, 3.8) is 0 Å². The van der Waals surface area contributed by atoms with Crippen molar-refractivity contribution < 1.29 is 36.8 Å². The predicted octanol–water partition coefficient (Wildman–Crippen LogP) is 9.87. The summed E-state index contributed by atoms with van der Waals surface area (Å²) >= 11 is 0. The molecule has 0 fully saturated rings. The molecule has 0 aliphatic carbocycles. The van der Waals surface area contributed by atoms with E-state index >= 15 is 9.13 Å². The molecule has 48 heavy (non-hydrogen) atoms. The minimum atomic E-state index is -4.28. The average Bonchev–Trinajstić information content (AvgIpc) is 3.09. The number of alkyl carbamates (subject to hydrolysis) is 1. The third kappa shape index (κ3) is 12.5. The van der Waals surface area contributed by atoms with Crippen molar-refractivity contribution in [1.29, 1.82) is 0 Å². The molecule has 4 rings (SSSR count). The fraction of sp³-hybridized carbons (Fsp3) is 0.324. The van der Waals surface area contributed by atoms with E-state index in [2.05, 4.69) is 5.32 Å². The van der Waals surface area contributed by atoms with Crippen LogP contribution in [0.1, 0.15) is 55.9 Å². The standard InChI is InChI=1S/C37H45NO8P2/c1-37(2,3)46-36(39)38-26-16-25-35(47(40,42-27-31-17-8-4-9-18-31)43-28-32-19-10-5-11-20-32)48(41,44-29-33-21-12-6-13-22-33)45-30-34-23-14-7-15-24-34/h4-15,17-24,35H,16,25-30H2,1-3H3,(H,38,39). The maximum Gasteiger partial charge on any atom is 0.407 e.